The molecule has 0 fully saturated rings. The second-order valence-corrected chi connectivity index (χ2v) is 6.67. The number of aliphatic hydroxyl groups excluding tert-OH is 2. The molecule has 2 rings (SSSR count). The van der Waals surface area contributed by atoms with Gasteiger partial charge >= 0.3 is 0 Å². The van der Waals surface area contributed by atoms with Crippen LogP contribution in [-0.2, 0) is 12.8 Å². The summed E-state index contributed by atoms with van der Waals surface area (Å²) in [5.74, 6) is 2.42. The molecule has 2 aromatic rings. The fourth-order valence-electron chi connectivity index (χ4n) is 3.38. The minimum absolute atomic E-state index is 0.0210. The van der Waals surface area contributed by atoms with E-state index in [0.717, 1.165) is 11.1 Å². The molecule has 2 atom stereocenters. The molecule has 28 heavy (non-hydrogen) atoms. The van der Waals surface area contributed by atoms with Gasteiger partial charge in [-0.2, -0.15) is 0 Å². The summed E-state index contributed by atoms with van der Waals surface area (Å²) in [4.78, 5) is 0. The minimum atomic E-state index is -0.101. The zero-order chi connectivity index (χ0) is 20.5. The fraction of sp³-hybridized carbons (Fsp3) is 0.455. The highest BCUT2D eigenvalue weighted by Gasteiger charge is 2.22. The molecule has 0 aliphatic rings. The number of aliphatic hydroxyl groups is 2. The van der Waals surface area contributed by atoms with Crippen LogP contribution in [0, 0.1) is 11.8 Å². The summed E-state index contributed by atoms with van der Waals surface area (Å²) >= 11 is 0. The van der Waals surface area contributed by atoms with Gasteiger partial charge in [-0.15, -0.1) is 0 Å². The van der Waals surface area contributed by atoms with Crippen LogP contribution in [0.1, 0.15) is 11.1 Å². The molecule has 0 saturated carbocycles. The fourth-order valence-corrected chi connectivity index (χ4v) is 3.38. The van der Waals surface area contributed by atoms with E-state index in [4.69, 9.17) is 18.9 Å². The van der Waals surface area contributed by atoms with Gasteiger partial charge in [0, 0.05) is 13.2 Å². The largest absolute Gasteiger partial charge is 0.493 e. The third-order valence-electron chi connectivity index (χ3n) is 5.03. The summed E-state index contributed by atoms with van der Waals surface area (Å²) in [5, 5.41) is 19.9. The Labute approximate surface area is 166 Å². The summed E-state index contributed by atoms with van der Waals surface area (Å²) < 4.78 is 21.3. The van der Waals surface area contributed by atoms with E-state index in [1.54, 1.807) is 28.4 Å². The Morgan fingerprint density at radius 3 is 1.25 bits per heavy atom. The van der Waals surface area contributed by atoms with E-state index in [9.17, 15) is 10.2 Å². The highest BCUT2D eigenvalue weighted by molar-refractivity contribution is 5.44. The van der Waals surface area contributed by atoms with Crippen LogP contribution in [0.3, 0.4) is 0 Å². The second-order valence-electron chi connectivity index (χ2n) is 6.67. The smallest absolute Gasteiger partial charge is 0.160 e. The lowest BCUT2D eigenvalue weighted by Gasteiger charge is -2.25. The number of rotatable bonds is 11. The van der Waals surface area contributed by atoms with E-state index < -0.39 is 0 Å². The maximum Gasteiger partial charge on any atom is 0.160 e. The first-order valence-electron chi connectivity index (χ1n) is 9.23. The zero-order valence-corrected chi connectivity index (χ0v) is 17.0. The van der Waals surface area contributed by atoms with E-state index >= 15 is 0 Å². The Morgan fingerprint density at radius 1 is 0.607 bits per heavy atom. The van der Waals surface area contributed by atoms with Crippen molar-refractivity contribution in [1.29, 1.82) is 0 Å². The van der Waals surface area contributed by atoms with E-state index in [1.807, 2.05) is 36.4 Å². The number of methoxy groups -OCH3 is 4. The van der Waals surface area contributed by atoms with Gasteiger partial charge in [-0.05, 0) is 60.1 Å². The lowest BCUT2D eigenvalue weighted by Crippen LogP contribution is -2.26. The normalized spacial score (nSPS) is 12.9. The molecule has 6 heteroatoms. The highest BCUT2D eigenvalue weighted by Crippen LogP contribution is 2.32. The standard InChI is InChI=1S/C22H30O6/c1-25-19-7-5-15(11-21(19)27-3)9-17(13-23)18(14-24)10-16-6-8-20(26-2)22(12-16)28-4/h5-8,11-12,17-18,23-24H,9-10,13-14H2,1-4H3/t17-,18+. The maximum absolute atomic E-state index is 9.97. The summed E-state index contributed by atoms with van der Waals surface area (Å²) in [7, 11) is 6.38. The highest BCUT2D eigenvalue weighted by atomic mass is 16.5. The zero-order valence-electron chi connectivity index (χ0n) is 17.0. The van der Waals surface area contributed by atoms with Crippen LogP contribution in [0.15, 0.2) is 36.4 Å². The molecule has 0 heterocycles. The molecule has 0 aliphatic carbocycles. The Kier molecular flexibility index (Phi) is 8.42. The van der Waals surface area contributed by atoms with Crippen LogP contribution < -0.4 is 18.9 Å². The van der Waals surface area contributed by atoms with Gasteiger partial charge in [-0.3, -0.25) is 0 Å². The number of ether oxygens (including phenoxy) is 4. The van der Waals surface area contributed by atoms with Crippen LogP contribution in [0.25, 0.3) is 0 Å². The first-order chi connectivity index (χ1) is 13.6. The van der Waals surface area contributed by atoms with Crippen molar-refractivity contribution in [3.8, 4) is 23.0 Å². The molecule has 154 valence electrons. The molecule has 0 saturated heterocycles. The van der Waals surface area contributed by atoms with E-state index in [1.165, 1.54) is 0 Å². The monoisotopic (exact) mass is 390 g/mol. The molecule has 6 nitrogen and oxygen atoms in total. The Hall–Kier alpha value is -2.44. The van der Waals surface area contributed by atoms with Gasteiger partial charge in [0.1, 0.15) is 0 Å². The Balaban J connectivity index is 2.17. The second kappa shape index (κ2) is 10.8. The topological polar surface area (TPSA) is 77.4 Å². The first kappa shape index (κ1) is 21.9. The van der Waals surface area contributed by atoms with Gasteiger partial charge in [0.25, 0.3) is 0 Å². The van der Waals surface area contributed by atoms with Crippen LogP contribution in [0.5, 0.6) is 23.0 Å². The molecule has 2 N–H and O–H groups in total. The third kappa shape index (κ3) is 5.30. The van der Waals surface area contributed by atoms with Gasteiger partial charge < -0.3 is 29.2 Å². The average Bonchev–Trinajstić information content (AvgIpc) is 2.75. The summed E-state index contributed by atoms with van der Waals surface area (Å²) in [6, 6.07) is 11.4. The number of hydrogen-bond donors (Lipinski definition) is 2. The summed E-state index contributed by atoms with van der Waals surface area (Å²) in [5.41, 5.74) is 2.03. The van der Waals surface area contributed by atoms with Crippen LogP contribution in [0.4, 0.5) is 0 Å². The lowest BCUT2D eigenvalue weighted by atomic mass is 9.83. The molecule has 2 aromatic carbocycles. The molecule has 0 amide bonds. The van der Waals surface area contributed by atoms with Crippen molar-refractivity contribution >= 4 is 0 Å². The summed E-state index contributed by atoms with van der Waals surface area (Å²) in [6.45, 7) is -0.0419. The van der Waals surface area contributed by atoms with Crippen molar-refractivity contribution < 1.29 is 29.2 Å². The van der Waals surface area contributed by atoms with E-state index in [-0.39, 0.29) is 25.0 Å². The molecule has 0 aromatic heterocycles. The van der Waals surface area contributed by atoms with Crippen molar-refractivity contribution in [2.75, 3.05) is 41.7 Å². The van der Waals surface area contributed by atoms with Gasteiger partial charge in [-0.1, -0.05) is 12.1 Å². The quantitative estimate of drug-likeness (QED) is 0.614. The van der Waals surface area contributed by atoms with E-state index in [0.29, 0.717) is 35.8 Å². The molecule has 0 aliphatic heterocycles. The number of benzene rings is 2. The van der Waals surface area contributed by atoms with E-state index in [2.05, 4.69) is 0 Å². The van der Waals surface area contributed by atoms with Crippen molar-refractivity contribution in [2.45, 2.75) is 12.8 Å². The van der Waals surface area contributed by atoms with Crippen LogP contribution >= 0.6 is 0 Å². The van der Waals surface area contributed by atoms with Crippen molar-refractivity contribution in [2.24, 2.45) is 11.8 Å². The molecule has 0 spiro atoms. The summed E-state index contributed by atoms with van der Waals surface area (Å²) in [6.07, 6.45) is 1.24. The average molecular weight is 390 g/mol. The maximum atomic E-state index is 9.97. The molecule has 0 unspecified atom stereocenters. The van der Waals surface area contributed by atoms with Crippen LogP contribution in [-0.4, -0.2) is 51.9 Å². The van der Waals surface area contributed by atoms with Crippen molar-refractivity contribution in [3.63, 3.8) is 0 Å². The molecular formula is C22H30O6. The van der Waals surface area contributed by atoms with Crippen molar-refractivity contribution in [1.82, 2.24) is 0 Å². The molecular weight excluding hydrogens is 360 g/mol. The third-order valence-corrected chi connectivity index (χ3v) is 5.03. The van der Waals surface area contributed by atoms with Gasteiger partial charge in [-0.25, -0.2) is 0 Å². The lowest BCUT2D eigenvalue weighted by molar-refractivity contribution is 0.119. The molecule has 0 radical (unpaired) electrons. The number of hydrogen-bond acceptors (Lipinski definition) is 6. The Morgan fingerprint density at radius 2 is 0.964 bits per heavy atom. The van der Waals surface area contributed by atoms with Gasteiger partial charge in [0.15, 0.2) is 23.0 Å². The van der Waals surface area contributed by atoms with Crippen LogP contribution in [0.2, 0.25) is 0 Å². The minimum Gasteiger partial charge on any atom is -0.493 e. The molecule has 0 bridgehead atoms. The first-order valence-corrected chi connectivity index (χ1v) is 9.23. The Bertz CT molecular complexity index is 682. The van der Waals surface area contributed by atoms with Gasteiger partial charge in [0.2, 0.25) is 0 Å². The SMILES string of the molecule is COc1ccc(C[C@@H](CO)[C@@H](CO)Cc2ccc(OC)c(OC)c2)cc1OC. The predicted octanol–water partition coefficient (Wildman–Crippen LogP) is 2.72. The van der Waals surface area contributed by atoms with Crippen molar-refractivity contribution in [3.05, 3.63) is 47.5 Å². The van der Waals surface area contributed by atoms with Gasteiger partial charge in [0.05, 0.1) is 28.4 Å². The predicted molar refractivity (Wildman–Crippen MR) is 108 cm³/mol.